The fourth-order valence-electron chi connectivity index (χ4n) is 4.23. The molecular weight excluding hydrogens is 468 g/mol. The van der Waals surface area contributed by atoms with Crippen LogP contribution in [-0.4, -0.2) is 34.6 Å². The van der Waals surface area contributed by atoms with Gasteiger partial charge >= 0.3 is 11.3 Å². The molecule has 0 aliphatic heterocycles. The molecule has 8 nitrogen and oxygen atoms in total. The first-order valence-corrected chi connectivity index (χ1v) is 13.1. The van der Waals surface area contributed by atoms with Gasteiger partial charge in [-0.1, -0.05) is 0 Å². The monoisotopic (exact) mass is 496 g/mol. The van der Waals surface area contributed by atoms with E-state index in [1.807, 2.05) is 39.8 Å². The Kier molecular flexibility index (Phi) is 6.71. The summed E-state index contributed by atoms with van der Waals surface area (Å²) in [7, 11) is -4.49. The van der Waals surface area contributed by atoms with Crippen LogP contribution in [0.15, 0.2) is 76.7 Å². The predicted molar refractivity (Wildman–Crippen MR) is 138 cm³/mol. The van der Waals surface area contributed by atoms with Crippen LogP contribution in [0.1, 0.15) is 27.7 Å². The van der Waals surface area contributed by atoms with Gasteiger partial charge in [-0.2, -0.15) is 0 Å². The zero-order valence-corrected chi connectivity index (χ0v) is 21.0. The highest BCUT2D eigenvalue weighted by atomic mass is 32.2. The summed E-state index contributed by atoms with van der Waals surface area (Å²) in [6.07, 6.45) is 0. The van der Waals surface area contributed by atoms with Gasteiger partial charge in [-0.25, -0.2) is 18.0 Å². The van der Waals surface area contributed by atoms with Gasteiger partial charge in [0.05, 0.1) is 0 Å². The topological polar surface area (TPSA) is 101 Å². The Hall–Kier alpha value is -3.59. The average molecular weight is 497 g/mol. The second-order valence-electron chi connectivity index (χ2n) is 8.09. The predicted octanol–water partition coefficient (Wildman–Crippen LogP) is 4.42. The van der Waals surface area contributed by atoms with Crippen molar-refractivity contribution in [3.63, 3.8) is 0 Å². The third-order valence-electron chi connectivity index (χ3n) is 6.21. The maximum atomic E-state index is 13.4. The van der Waals surface area contributed by atoms with Gasteiger partial charge in [-0.15, -0.1) is 0 Å². The maximum Gasteiger partial charge on any atom is 0.355 e. The molecule has 35 heavy (non-hydrogen) atoms. The Labute approximate surface area is 203 Å². The minimum Gasteiger partial charge on any atom is -0.422 e. The van der Waals surface area contributed by atoms with E-state index in [9.17, 15) is 18.0 Å². The summed E-state index contributed by atoms with van der Waals surface area (Å²) in [5, 5.41) is 0.876. The average Bonchev–Trinajstić information content (AvgIpc) is 2.84. The molecule has 0 aliphatic rings. The number of nitrogens with zero attached hydrogens (tertiary/aromatic N) is 2. The highest BCUT2D eigenvalue weighted by Crippen LogP contribution is 2.27. The van der Waals surface area contributed by atoms with Crippen molar-refractivity contribution >= 4 is 43.2 Å². The van der Waals surface area contributed by atoms with Crippen molar-refractivity contribution in [1.82, 2.24) is 0 Å². The summed E-state index contributed by atoms with van der Waals surface area (Å²) >= 11 is 0. The van der Waals surface area contributed by atoms with Crippen LogP contribution in [0.3, 0.4) is 0 Å². The van der Waals surface area contributed by atoms with E-state index in [-0.39, 0.29) is 11.2 Å². The quantitative estimate of drug-likeness (QED) is 0.330. The molecule has 9 heteroatoms. The lowest BCUT2D eigenvalue weighted by molar-refractivity contribution is 0.521. The van der Waals surface area contributed by atoms with Gasteiger partial charge in [-0.05, 0) is 64.1 Å². The molecule has 0 amide bonds. The Bertz CT molecular complexity index is 1500. The number of rotatable bonds is 8. The van der Waals surface area contributed by atoms with Crippen LogP contribution >= 0.6 is 0 Å². The molecule has 0 atom stereocenters. The molecule has 4 rings (SSSR count). The van der Waals surface area contributed by atoms with E-state index in [2.05, 4.69) is 9.80 Å². The Morgan fingerprint density at radius 1 is 0.629 bits per heavy atom. The first-order valence-electron chi connectivity index (χ1n) is 11.6. The second kappa shape index (κ2) is 9.58. The largest absolute Gasteiger partial charge is 0.422 e. The summed E-state index contributed by atoms with van der Waals surface area (Å²) in [6.45, 7) is 11.1. The summed E-state index contributed by atoms with van der Waals surface area (Å²) < 4.78 is 37.5. The number of fused-ring (bicyclic) bond motifs is 2. The van der Waals surface area contributed by atoms with Crippen molar-refractivity contribution in [2.24, 2.45) is 0 Å². The molecule has 0 saturated carbocycles. The van der Waals surface area contributed by atoms with E-state index in [0.29, 0.717) is 10.8 Å². The minimum absolute atomic E-state index is 0.271. The zero-order chi connectivity index (χ0) is 25.3. The van der Waals surface area contributed by atoms with E-state index >= 15 is 0 Å². The second-order valence-corrected chi connectivity index (χ2v) is 9.98. The van der Waals surface area contributed by atoms with Crippen LogP contribution in [0.2, 0.25) is 0 Å². The number of sulfone groups is 1. The molecule has 0 saturated heterocycles. The smallest absolute Gasteiger partial charge is 0.355 e. The van der Waals surface area contributed by atoms with Crippen LogP contribution in [-0.2, 0) is 9.84 Å². The summed E-state index contributed by atoms with van der Waals surface area (Å²) in [6, 6.07) is 13.0. The number of hydrogen-bond acceptors (Lipinski definition) is 8. The molecule has 0 N–H and O–H groups in total. The maximum absolute atomic E-state index is 13.4. The summed E-state index contributed by atoms with van der Waals surface area (Å²) in [5.74, 6) is 0. The highest BCUT2D eigenvalue weighted by Gasteiger charge is 2.28. The van der Waals surface area contributed by atoms with Crippen molar-refractivity contribution in [2.75, 3.05) is 36.0 Å². The van der Waals surface area contributed by atoms with Gasteiger partial charge in [0.1, 0.15) is 11.2 Å². The van der Waals surface area contributed by atoms with E-state index in [1.54, 1.807) is 24.3 Å². The molecule has 0 fully saturated rings. The fraction of sp³-hybridized carbons (Fsp3) is 0.308. The molecule has 2 heterocycles. The molecule has 2 aromatic heterocycles. The first kappa shape index (κ1) is 24.5. The van der Waals surface area contributed by atoms with Gasteiger partial charge in [0.2, 0.25) is 9.84 Å². The number of hydrogen-bond donors (Lipinski definition) is 0. The van der Waals surface area contributed by atoms with Gasteiger partial charge in [0.25, 0.3) is 0 Å². The van der Waals surface area contributed by atoms with Crippen LogP contribution in [0, 0.1) is 0 Å². The van der Waals surface area contributed by atoms with Crippen molar-refractivity contribution in [3.05, 3.63) is 69.4 Å². The Morgan fingerprint density at radius 2 is 1.00 bits per heavy atom. The lowest BCUT2D eigenvalue weighted by Gasteiger charge is -2.21. The normalized spacial score (nSPS) is 11.8. The van der Waals surface area contributed by atoms with E-state index in [4.69, 9.17) is 8.83 Å². The molecule has 0 aliphatic carbocycles. The van der Waals surface area contributed by atoms with Gasteiger partial charge in [0.15, 0.2) is 9.79 Å². The van der Waals surface area contributed by atoms with Crippen molar-refractivity contribution in [1.29, 1.82) is 0 Å². The third-order valence-corrected chi connectivity index (χ3v) is 7.94. The first-order chi connectivity index (χ1) is 16.7. The van der Waals surface area contributed by atoms with Crippen LogP contribution in [0.4, 0.5) is 11.4 Å². The molecular formula is C26H28N2O6S. The zero-order valence-electron chi connectivity index (χ0n) is 20.2. The SMILES string of the molecule is CCN(CC)c1ccc2cc(S(=O)(=O)c3cc4ccc(N(CC)CC)cc4oc3=O)c(=O)oc2c1. The molecule has 184 valence electrons. The highest BCUT2D eigenvalue weighted by molar-refractivity contribution is 7.91. The van der Waals surface area contributed by atoms with E-state index < -0.39 is 30.9 Å². The molecule has 4 aromatic rings. The minimum atomic E-state index is -4.49. The Balaban J connectivity index is 1.82. The lowest BCUT2D eigenvalue weighted by atomic mass is 10.2. The molecule has 2 aromatic carbocycles. The van der Waals surface area contributed by atoms with Crippen molar-refractivity contribution < 1.29 is 17.3 Å². The Morgan fingerprint density at radius 3 is 1.34 bits per heavy atom. The van der Waals surface area contributed by atoms with Crippen LogP contribution in [0.25, 0.3) is 21.9 Å². The molecule has 0 bridgehead atoms. The summed E-state index contributed by atoms with van der Waals surface area (Å²) in [4.78, 5) is 28.4. The van der Waals surface area contributed by atoms with Crippen LogP contribution < -0.4 is 21.1 Å². The third kappa shape index (κ3) is 4.43. The summed E-state index contributed by atoms with van der Waals surface area (Å²) in [5.41, 5.74) is 0.192. The molecule has 0 radical (unpaired) electrons. The van der Waals surface area contributed by atoms with E-state index in [1.165, 1.54) is 12.1 Å². The standard InChI is InChI=1S/C26H28N2O6S/c1-5-27(6-2)19-11-9-17-13-23(25(29)33-21(17)15-19)35(31,32)24-14-18-10-12-20(28(7-3)8-4)16-22(18)34-26(24)30/h9-16H,5-8H2,1-4H3. The van der Waals surface area contributed by atoms with Crippen molar-refractivity contribution in [3.8, 4) is 0 Å². The molecule has 0 unspecified atom stereocenters. The van der Waals surface area contributed by atoms with Gasteiger partial charge in [-0.3, -0.25) is 0 Å². The molecule has 0 spiro atoms. The van der Waals surface area contributed by atoms with Gasteiger partial charge < -0.3 is 18.6 Å². The van der Waals surface area contributed by atoms with E-state index in [0.717, 1.165) is 37.6 Å². The fourth-order valence-corrected chi connectivity index (χ4v) is 5.55. The number of anilines is 2. The number of benzene rings is 2. The van der Waals surface area contributed by atoms with Crippen molar-refractivity contribution in [2.45, 2.75) is 37.5 Å². The lowest BCUT2D eigenvalue weighted by Crippen LogP contribution is -2.22. The van der Waals surface area contributed by atoms with Crippen LogP contribution in [0.5, 0.6) is 0 Å². The van der Waals surface area contributed by atoms with Gasteiger partial charge in [0, 0.05) is 60.5 Å².